The van der Waals surface area contributed by atoms with Crippen molar-refractivity contribution in [1.82, 2.24) is 4.98 Å². The quantitative estimate of drug-likeness (QED) is 0.179. The zero-order chi connectivity index (χ0) is 34.4. The van der Waals surface area contributed by atoms with Crippen LogP contribution in [0.25, 0.3) is 43.7 Å². The molecular formula is C48H34N4. The van der Waals surface area contributed by atoms with Crippen LogP contribution in [-0.2, 0) is 0 Å². The summed E-state index contributed by atoms with van der Waals surface area (Å²) in [5.41, 5.74) is 10.8. The van der Waals surface area contributed by atoms with E-state index in [2.05, 4.69) is 209 Å². The first-order valence-electron chi connectivity index (χ1n) is 17.8. The van der Waals surface area contributed by atoms with Crippen molar-refractivity contribution in [3.05, 3.63) is 200 Å². The molecule has 0 saturated carbocycles. The second-order valence-electron chi connectivity index (χ2n) is 13.2. The molecule has 1 aliphatic rings. The molecule has 246 valence electrons. The largest absolute Gasteiger partial charge is 0.359 e. The van der Waals surface area contributed by atoms with Crippen molar-refractivity contribution in [2.45, 2.75) is 6.17 Å². The van der Waals surface area contributed by atoms with Gasteiger partial charge in [-0.1, -0.05) is 133 Å². The Morgan fingerprint density at radius 3 is 1.79 bits per heavy atom. The van der Waals surface area contributed by atoms with E-state index in [1.807, 2.05) is 0 Å². The number of pyridine rings is 1. The van der Waals surface area contributed by atoms with Gasteiger partial charge in [-0.2, -0.15) is 0 Å². The average molecular weight is 667 g/mol. The fourth-order valence-corrected chi connectivity index (χ4v) is 7.96. The zero-order valence-corrected chi connectivity index (χ0v) is 28.4. The molecule has 1 N–H and O–H groups in total. The molecule has 0 amide bonds. The van der Waals surface area contributed by atoms with Gasteiger partial charge < -0.3 is 15.1 Å². The van der Waals surface area contributed by atoms with Gasteiger partial charge in [0.05, 0.1) is 28.3 Å². The molecule has 4 heteroatoms. The number of fused-ring (bicyclic) bond motifs is 6. The summed E-state index contributed by atoms with van der Waals surface area (Å²) in [5.74, 6) is 0. The fourth-order valence-electron chi connectivity index (χ4n) is 7.96. The third-order valence-corrected chi connectivity index (χ3v) is 10.2. The first kappa shape index (κ1) is 30.0. The Hall–Kier alpha value is -6.91. The maximum Gasteiger partial charge on any atom is 0.131 e. The van der Waals surface area contributed by atoms with Crippen LogP contribution in [0.2, 0.25) is 0 Å². The third kappa shape index (κ3) is 4.88. The van der Waals surface area contributed by atoms with Gasteiger partial charge in [0.15, 0.2) is 0 Å². The maximum absolute atomic E-state index is 5.66. The first-order chi connectivity index (χ1) is 25.8. The minimum Gasteiger partial charge on any atom is -0.359 e. The molecule has 2 heterocycles. The normalized spacial score (nSPS) is 13.7. The van der Waals surface area contributed by atoms with Crippen LogP contribution in [0.4, 0.5) is 34.1 Å². The minimum absolute atomic E-state index is 0.133. The van der Waals surface area contributed by atoms with E-state index >= 15 is 0 Å². The van der Waals surface area contributed by atoms with Crippen LogP contribution in [-0.4, -0.2) is 4.98 Å². The van der Waals surface area contributed by atoms with E-state index in [9.17, 15) is 0 Å². The van der Waals surface area contributed by atoms with Crippen LogP contribution < -0.4 is 15.1 Å². The van der Waals surface area contributed by atoms with Gasteiger partial charge in [-0.05, 0) is 71.4 Å². The molecule has 4 nitrogen and oxygen atoms in total. The van der Waals surface area contributed by atoms with E-state index in [4.69, 9.17) is 4.98 Å². The Labute approximate surface area is 302 Å². The van der Waals surface area contributed by atoms with E-state index in [1.54, 1.807) is 0 Å². The molecule has 8 aromatic carbocycles. The lowest BCUT2D eigenvalue weighted by Gasteiger charge is -2.29. The highest BCUT2D eigenvalue weighted by molar-refractivity contribution is 6.25. The molecule has 0 bridgehead atoms. The predicted octanol–water partition coefficient (Wildman–Crippen LogP) is 12.9. The summed E-state index contributed by atoms with van der Waals surface area (Å²) < 4.78 is 0. The van der Waals surface area contributed by atoms with Crippen LogP contribution in [0.3, 0.4) is 0 Å². The van der Waals surface area contributed by atoms with Crippen molar-refractivity contribution in [3.63, 3.8) is 0 Å². The number of aromatic nitrogens is 1. The minimum atomic E-state index is -0.133. The number of hydrogen-bond donors (Lipinski definition) is 1. The smallest absolute Gasteiger partial charge is 0.131 e. The van der Waals surface area contributed by atoms with Gasteiger partial charge in [0.25, 0.3) is 0 Å². The topological polar surface area (TPSA) is 31.4 Å². The average Bonchev–Trinajstić information content (AvgIpc) is 3.61. The molecule has 0 radical (unpaired) electrons. The monoisotopic (exact) mass is 666 g/mol. The fraction of sp³-hybridized carbons (Fsp3) is 0.0208. The van der Waals surface area contributed by atoms with Crippen LogP contribution in [0.5, 0.6) is 0 Å². The van der Waals surface area contributed by atoms with E-state index < -0.39 is 0 Å². The van der Waals surface area contributed by atoms with Crippen molar-refractivity contribution in [2.24, 2.45) is 0 Å². The van der Waals surface area contributed by atoms with Gasteiger partial charge >= 0.3 is 0 Å². The van der Waals surface area contributed by atoms with Gasteiger partial charge in [-0.15, -0.1) is 0 Å². The molecule has 9 aromatic rings. The summed E-state index contributed by atoms with van der Waals surface area (Å²) in [6.07, 6.45) is -0.133. The Bertz CT molecular complexity index is 2670. The molecule has 1 atom stereocenters. The number of hydrogen-bond acceptors (Lipinski definition) is 4. The summed E-state index contributed by atoms with van der Waals surface area (Å²) in [6, 6.07) is 69.0. The maximum atomic E-state index is 5.66. The van der Waals surface area contributed by atoms with Crippen molar-refractivity contribution < 1.29 is 0 Å². The van der Waals surface area contributed by atoms with Gasteiger partial charge in [-0.25, -0.2) is 4.98 Å². The van der Waals surface area contributed by atoms with Gasteiger partial charge in [0.2, 0.25) is 0 Å². The van der Waals surface area contributed by atoms with Crippen LogP contribution in [0, 0.1) is 0 Å². The molecule has 0 spiro atoms. The molecule has 1 aromatic heterocycles. The Kier molecular flexibility index (Phi) is 7.17. The van der Waals surface area contributed by atoms with Gasteiger partial charge in [0.1, 0.15) is 6.17 Å². The summed E-state index contributed by atoms with van der Waals surface area (Å²) in [5, 5.41) is 9.77. The van der Waals surface area contributed by atoms with Crippen LogP contribution in [0.15, 0.2) is 194 Å². The Morgan fingerprint density at radius 1 is 0.500 bits per heavy atom. The molecule has 1 aliphatic heterocycles. The molecular weight excluding hydrogens is 633 g/mol. The molecule has 0 saturated heterocycles. The van der Waals surface area contributed by atoms with Gasteiger partial charge in [-0.3, -0.25) is 0 Å². The SMILES string of the molecule is c1ccc(-c2nc3c(N(c4ccccc4)c4ccccc4)cccc3c3c2cc(C2Nc4ccccc4N2c2ccccc2)c2ccccc23)cc1. The summed E-state index contributed by atoms with van der Waals surface area (Å²) in [7, 11) is 0. The zero-order valence-electron chi connectivity index (χ0n) is 28.4. The number of rotatable bonds is 6. The highest BCUT2D eigenvalue weighted by Crippen LogP contribution is 2.50. The lowest BCUT2D eigenvalue weighted by molar-refractivity contribution is 0.837. The summed E-state index contributed by atoms with van der Waals surface area (Å²) in [6.45, 7) is 0. The first-order valence-corrected chi connectivity index (χ1v) is 17.8. The highest BCUT2D eigenvalue weighted by Gasteiger charge is 2.33. The van der Waals surface area contributed by atoms with E-state index in [1.165, 1.54) is 21.7 Å². The van der Waals surface area contributed by atoms with Crippen LogP contribution in [0.1, 0.15) is 11.7 Å². The third-order valence-electron chi connectivity index (χ3n) is 10.2. The number of benzene rings is 8. The molecule has 10 rings (SSSR count). The molecule has 1 unspecified atom stereocenters. The van der Waals surface area contributed by atoms with Crippen LogP contribution >= 0.6 is 0 Å². The van der Waals surface area contributed by atoms with Crippen molar-refractivity contribution in [2.75, 3.05) is 15.1 Å². The van der Waals surface area contributed by atoms with Crippen molar-refractivity contribution in [3.8, 4) is 11.3 Å². The Balaban J connectivity index is 1.30. The number of nitrogens with one attached hydrogen (secondary N) is 1. The van der Waals surface area contributed by atoms with E-state index in [-0.39, 0.29) is 6.17 Å². The van der Waals surface area contributed by atoms with Crippen molar-refractivity contribution >= 4 is 66.6 Å². The number of nitrogens with zero attached hydrogens (tertiary/aromatic N) is 3. The lowest BCUT2D eigenvalue weighted by Crippen LogP contribution is -2.23. The van der Waals surface area contributed by atoms with Gasteiger partial charge in [0, 0.05) is 44.3 Å². The standard InChI is InChI=1S/C48H34N4/c1-5-18-33(19-6-1)46-41-32-40(48-49-42-29-15-16-30-43(42)52(48)36-24-11-4-12-25-36)37-26-13-14-27-38(37)45(41)39-28-17-31-44(47(39)50-46)51(34-20-7-2-8-21-34)35-22-9-3-10-23-35/h1-32,48-49H. The second-order valence-corrected chi connectivity index (χ2v) is 13.2. The molecule has 52 heavy (non-hydrogen) atoms. The van der Waals surface area contributed by atoms with Crippen molar-refractivity contribution in [1.29, 1.82) is 0 Å². The summed E-state index contributed by atoms with van der Waals surface area (Å²) in [4.78, 5) is 10.4. The number of anilines is 6. The number of para-hydroxylation sites is 6. The molecule has 0 fully saturated rings. The summed E-state index contributed by atoms with van der Waals surface area (Å²) >= 11 is 0. The predicted molar refractivity (Wildman–Crippen MR) is 218 cm³/mol. The molecule has 0 aliphatic carbocycles. The van der Waals surface area contributed by atoms with E-state index in [0.717, 1.165) is 61.7 Å². The highest BCUT2D eigenvalue weighted by atomic mass is 15.3. The lowest BCUT2D eigenvalue weighted by atomic mass is 9.90. The Morgan fingerprint density at radius 2 is 1.08 bits per heavy atom. The van der Waals surface area contributed by atoms with E-state index in [0.29, 0.717) is 0 Å². The second kappa shape index (κ2) is 12.4.